The summed E-state index contributed by atoms with van der Waals surface area (Å²) < 4.78 is 3.72. The van der Waals surface area contributed by atoms with Crippen LogP contribution in [0.4, 0.5) is 0 Å². The Morgan fingerprint density at radius 2 is 1.42 bits per heavy atom. The third kappa shape index (κ3) is 3.27. The predicted molar refractivity (Wildman–Crippen MR) is 140 cm³/mol. The molecule has 31 heavy (non-hydrogen) atoms. The van der Waals surface area contributed by atoms with E-state index in [1.165, 1.54) is 53.2 Å². The zero-order valence-electron chi connectivity index (χ0n) is 16.4. The van der Waals surface area contributed by atoms with Gasteiger partial charge in [0.25, 0.3) is 0 Å². The van der Waals surface area contributed by atoms with Crippen LogP contribution < -0.4 is 0 Å². The molecule has 0 saturated heterocycles. The number of thiophene rings is 1. The van der Waals surface area contributed by atoms with Gasteiger partial charge in [0.15, 0.2) is 0 Å². The first-order valence-electron chi connectivity index (χ1n) is 10.1. The summed E-state index contributed by atoms with van der Waals surface area (Å²) in [5, 5.41) is 5.86. The molecule has 0 nitrogen and oxygen atoms in total. The molecule has 0 aliphatic heterocycles. The molecule has 6 rings (SSSR count). The lowest BCUT2D eigenvalue weighted by atomic mass is 9.99. The summed E-state index contributed by atoms with van der Waals surface area (Å²) in [4.78, 5) is 0. The van der Waals surface area contributed by atoms with E-state index in [9.17, 15) is 0 Å². The van der Waals surface area contributed by atoms with Crippen LogP contribution in [-0.2, 0) is 0 Å². The van der Waals surface area contributed by atoms with E-state index < -0.39 is 0 Å². The van der Waals surface area contributed by atoms with Gasteiger partial charge in [0.05, 0.1) is 0 Å². The van der Waals surface area contributed by atoms with Crippen molar-refractivity contribution in [1.29, 1.82) is 0 Å². The van der Waals surface area contributed by atoms with Crippen LogP contribution in [0.1, 0.15) is 0 Å². The standard InChI is InChI=1S/C28H16BrClS/c29-25-15-21(18-10-12-22(30)13-11-18)16-26-27(25)24-7-3-6-23(28(24)31-26)20-9-8-17-4-1-2-5-19(17)14-20/h1-16H. The first kappa shape index (κ1) is 19.1. The van der Waals surface area contributed by atoms with Crippen molar-refractivity contribution >= 4 is 69.8 Å². The van der Waals surface area contributed by atoms with Crippen molar-refractivity contribution in [3.8, 4) is 22.3 Å². The molecule has 1 heterocycles. The average Bonchev–Trinajstić information content (AvgIpc) is 3.18. The Kier molecular flexibility index (Phi) is 4.61. The zero-order chi connectivity index (χ0) is 20.9. The Bertz CT molecular complexity index is 1600. The van der Waals surface area contributed by atoms with Crippen molar-refractivity contribution in [1.82, 2.24) is 0 Å². The summed E-state index contributed by atoms with van der Waals surface area (Å²) in [6, 6.07) is 34.4. The molecule has 0 spiro atoms. The van der Waals surface area contributed by atoms with Crippen molar-refractivity contribution < 1.29 is 0 Å². The number of benzene rings is 5. The van der Waals surface area contributed by atoms with E-state index in [2.05, 4.69) is 101 Å². The van der Waals surface area contributed by atoms with Crippen molar-refractivity contribution in [2.45, 2.75) is 0 Å². The quantitative estimate of drug-likeness (QED) is 0.222. The van der Waals surface area contributed by atoms with Gasteiger partial charge in [-0.25, -0.2) is 0 Å². The van der Waals surface area contributed by atoms with Gasteiger partial charge < -0.3 is 0 Å². The molecular weight excluding hydrogens is 484 g/mol. The summed E-state index contributed by atoms with van der Waals surface area (Å²) in [6.07, 6.45) is 0. The van der Waals surface area contributed by atoms with Crippen LogP contribution in [0.3, 0.4) is 0 Å². The molecule has 5 aromatic carbocycles. The molecule has 0 aliphatic rings. The number of rotatable bonds is 2. The van der Waals surface area contributed by atoms with Gasteiger partial charge in [0, 0.05) is 29.7 Å². The largest absolute Gasteiger partial charge is 0.134 e. The Hall–Kier alpha value is -2.65. The van der Waals surface area contributed by atoms with Gasteiger partial charge in [0.1, 0.15) is 0 Å². The van der Waals surface area contributed by atoms with Crippen molar-refractivity contribution in [2.75, 3.05) is 0 Å². The monoisotopic (exact) mass is 498 g/mol. The molecular formula is C28H16BrClS. The van der Waals surface area contributed by atoms with Crippen molar-refractivity contribution in [2.24, 2.45) is 0 Å². The van der Waals surface area contributed by atoms with Crippen LogP contribution in [0, 0.1) is 0 Å². The first-order valence-corrected chi connectivity index (χ1v) is 12.1. The fraction of sp³-hybridized carbons (Fsp3) is 0. The summed E-state index contributed by atoms with van der Waals surface area (Å²) in [5.41, 5.74) is 4.89. The second-order valence-electron chi connectivity index (χ2n) is 7.68. The summed E-state index contributed by atoms with van der Waals surface area (Å²) in [5.74, 6) is 0. The summed E-state index contributed by atoms with van der Waals surface area (Å²) in [6.45, 7) is 0. The number of halogens is 2. The van der Waals surface area contributed by atoms with Crippen molar-refractivity contribution in [3.63, 3.8) is 0 Å². The van der Waals surface area contributed by atoms with E-state index in [1.54, 1.807) is 0 Å². The van der Waals surface area contributed by atoms with Crippen LogP contribution in [-0.4, -0.2) is 0 Å². The minimum Gasteiger partial charge on any atom is -0.134 e. The highest BCUT2D eigenvalue weighted by molar-refractivity contribution is 9.10. The Balaban J connectivity index is 1.58. The SMILES string of the molecule is Clc1ccc(-c2cc(Br)c3c(c2)sc2c(-c4ccc5ccccc5c4)cccc23)cc1. The minimum atomic E-state index is 0.755. The van der Waals surface area contributed by atoms with Crippen LogP contribution in [0.2, 0.25) is 5.02 Å². The highest BCUT2D eigenvalue weighted by Crippen LogP contribution is 2.44. The van der Waals surface area contributed by atoms with E-state index in [0.717, 1.165) is 9.50 Å². The van der Waals surface area contributed by atoms with Gasteiger partial charge in [-0.3, -0.25) is 0 Å². The molecule has 3 heteroatoms. The maximum atomic E-state index is 6.08. The van der Waals surface area contributed by atoms with Crippen LogP contribution in [0.25, 0.3) is 53.2 Å². The van der Waals surface area contributed by atoms with Crippen molar-refractivity contribution in [3.05, 3.63) is 107 Å². The molecule has 6 aromatic rings. The molecule has 0 N–H and O–H groups in total. The lowest BCUT2D eigenvalue weighted by molar-refractivity contribution is 1.64. The highest BCUT2D eigenvalue weighted by Gasteiger charge is 2.14. The van der Waals surface area contributed by atoms with Crippen LogP contribution in [0.15, 0.2) is 102 Å². The highest BCUT2D eigenvalue weighted by atomic mass is 79.9. The second kappa shape index (κ2) is 7.49. The van der Waals surface area contributed by atoms with Crippen LogP contribution in [0.5, 0.6) is 0 Å². The van der Waals surface area contributed by atoms with E-state index >= 15 is 0 Å². The van der Waals surface area contributed by atoms with E-state index in [4.69, 9.17) is 11.6 Å². The lowest BCUT2D eigenvalue weighted by Gasteiger charge is -2.06. The Morgan fingerprint density at radius 3 is 2.26 bits per heavy atom. The molecule has 0 aliphatic carbocycles. The lowest BCUT2D eigenvalue weighted by Crippen LogP contribution is -1.80. The smallest absolute Gasteiger partial charge is 0.0434 e. The molecule has 0 saturated carbocycles. The third-order valence-corrected chi connectivity index (χ3v) is 7.85. The molecule has 0 amide bonds. The second-order valence-corrected chi connectivity index (χ2v) is 10.0. The molecule has 0 fully saturated rings. The molecule has 148 valence electrons. The summed E-state index contributed by atoms with van der Waals surface area (Å²) >= 11 is 11.8. The van der Waals surface area contributed by atoms with Gasteiger partial charge in [-0.15, -0.1) is 11.3 Å². The topological polar surface area (TPSA) is 0 Å². The number of hydrogen-bond donors (Lipinski definition) is 0. The van der Waals surface area contributed by atoms with E-state index in [-0.39, 0.29) is 0 Å². The van der Waals surface area contributed by atoms with E-state index in [0.29, 0.717) is 0 Å². The first-order chi connectivity index (χ1) is 15.2. The van der Waals surface area contributed by atoms with Gasteiger partial charge in [-0.2, -0.15) is 0 Å². The maximum absolute atomic E-state index is 6.08. The third-order valence-electron chi connectivity index (χ3n) is 5.79. The number of fused-ring (bicyclic) bond motifs is 4. The Morgan fingerprint density at radius 1 is 0.645 bits per heavy atom. The fourth-order valence-corrected chi connectivity index (χ4v) is 6.51. The minimum absolute atomic E-state index is 0.755. The average molecular weight is 500 g/mol. The molecule has 0 unspecified atom stereocenters. The van der Waals surface area contributed by atoms with E-state index in [1.807, 2.05) is 23.5 Å². The van der Waals surface area contributed by atoms with Gasteiger partial charge in [-0.05, 0) is 63.4 Å². The fourth-order valence-electron chi connectivity index (χ4n) is 4.27. The number of hydrogen-bond acceptors (Lipinski definition) is 1. The predicted octanol–water partition coefficient (Wildman–Crippen LogP) is 9.96. The zero-order valence-corrected chi connectivity index (χ0v) is 19.6. The van der Waals surface area contributed by atoms with Crippen LogP contribution >= 0.6 is 38.9 Å². The maximum Gasteiger partial charge on any atom is 0.0434 e. The van der Waals surface area contributed by atoms with Gasteiger partial charge in [-0.1, -0.05) is 94.3 Å². The molecule has 0 radical (unpaired) electrons. The molecule has 1 aromatic heterocycles. The normalized spacial score (nSPS) is 11.5. The van der Waals surface area contributed by atoms with Gasteiger partial charge in [0.2, 0.25) is 0 Å². The summed E-state index contributed by atoms with van der Waals surface area (Å²) in [7, 11) is 0. The molecule has 0 bridgehead atoms. The molecule has 0 atom stereocenters. The van der Waals surface area contributed by atoms with Gasteiger partial charge >= 0.3 is 0 Å². The Labute approximate surface area is 197 Å².